The van der Waals surface area contributed by atoms with E-state index in [0.29, 0.717) is 17.9 Å². The van der Waals surface area contributed by atoms with Crippen molar-refractivity contribution < 1.29 is 0 Å². The molecule has 20 heavy (non-hydrogen) atoms. The lowest BCUT2D eigenvalue weighted by molar-refractivity contribution is 0.527. The maximum absolute atomic E-state index is 3.71. The van der Waals surface area contributed by atoms with Crippen LogP contribution in [-0.2, 0) is 0 Å². The Kier molecular flexibility index (Phi) is 6.58. The van der Waals surface area contributed by atoms with Gasteiger partial charge in [0, 0.05) is 11.7 Å². The Morgan fingerprint density at radius 3 is 2.00 bits per heavy atom. The molecule has 1 N–H and O–H groups in total. The average Bonchev–Trinajstić information content (AvgIpc) is 2.36. The molecule has 0 fully saturated rings. The Labute approximate surface area is 126 Å². The second-order valence-corrected chi connectivity index (χ2v) is 7.17. The van der Waals surface area contributed by atoms with Crippen molar-refractivity contribution in [2.75, 3.05) is 5.32 Å². The molecule has 1 aromatic rings. The molecule has 1 nitrogen and oxygen atoms in total. The molecular weight excluding hydrogens is 242 g/mol. The van der Waals surface area contributed by atoms with Gasteiger partial charge in [-0.2, -0.15) is 0 Å². The fraction of sp³-hybridized carbons (Fsp3) is 0.684. The van der Waals surface area contributed by atoms with Gasteiger partial charge in [-0.1, -0.05) is 53.7 Å². The van der Waals surface area contributed by atoms with Crippen LogP contribution in [0.3, 0.4) is 0 Å². The lowest BCUT2D eigenvalue weighted by atomic mass is 9.93. The van der Waals surface area contributed by atoms with Crippen molar-refractivity contribution in [3.05, 3.63) is 29.3 Å². The van der Waals surface area contributed by atoms with E-state index in [0.717, 1.165) is 5.92 Å². The third-order valence-corrected chi connectivity index (χ3v) is 3.94. The number of nitrogens with one attached hydrogen (secondary N) is 1. The van der Waals surface area contributed by atoms with Crippen LogP contribution in [0.25, 0.3) is 0 Å². The molecule has 1 unspecified atom stereocenters. The van der Waals surface area contributed by atoms with Gasteiger partial charge in [0.25, 0.3) is 0 Å². The summed E-state index contributed by atoms with van der Waals surface area (Å²) in [7, 11) is 0. The highest BCUT2D eigenvalue weighted by atomic mass is 14.9. The summed E-state index contributed by atoms with van der Waals surface area (Å²) < 4.78 is 0. The van der Waals surface area contributed by atoms with Gasteiger partial charge in [-0.15, -0.1) is 0 Å². The summed E-state index contributed by atoms with van der Waals surface area (Å²) in [5, 5.41) is 3.71. The van der Waals surface area contributed by atoms with E-state index in [9.17, 15) is 0 Å². The van der Waals surface area contributed by atoms with Gasteiger partial charge < -0.3 is 5.32 Å². The minimum absolute atomic E-state index is 0.541. The molecular formula is C19H33N. The van der Waals surface area contributed by atoms with Crippen molar-refractivity contribution in [1.82, 2.24) is 0 Å². The third kappa shape index (κ3) is 5.19. The SMILES string of the molecule is CC(C)CCC(C)Nc1ccc(C(C)C)cc1C(C)C. The van der Waals surface area contributed by atoms with Gasteiger partial charge in [-0.05, 0) is 54.7 Å². The summed E-state index contributed by atoms with van der Waals surface area (Å²) in [5.74, 6) is 1.94. The lowest BCUT2D eigenvalue weighted by Crippen LogP contribution is -2.17. The van der Waals surface area contributed by atoms with Crippen LogP contribution in [0, 0.1) is 5.92 Å². The lowest BCUT2D eigenvalue weighted by Gasteiger charge is -2.22. The largest absolute Gasteiger partial charge is 0.382 e. The number of hydrogen-bond donors (Lipinski definition) is 1. The van der Waals surface area contributed by atoms with Crippen LogP contribution >= 0.6 is 0 Å². The highest BCUT2D eigenvalue weighted by Crippen LogP contribution is 2.29. The van der Waals surface area contributed by atoms with Gasteiger partial charge in [-0.25, -0.2) is 0 Å². The van der Waals surface area contributed by atoms with E-state index in [2.05, 4.69) is 72.0 Å². The number of hydrogen-bond acceptors (Lipinski definition) is 1. The Morgan fingerprint density at radius 1 is 0.850 bits per heavy atom. The van der Waals surface area contributed by atoms with Gasteiger partial charge in [0.1, 0.15) is 0 Å². The fourth-order valence-corrected chi connectivity index (χ4v) is 2.47. The van der Waals surface area contributed by atoms with Gasteiger partial charge in [-0.3, -0.25) is 0 Å². The molecule has 0 amide bonds. The summed E-state index contributed by atoms with van der Waals surface area (Å²) in [5.41, 5.74) is 4.21. The molecule has 1 atom stereocenters. The zero-order valence-corrected chi connectivity index (χ0v) is 14.5. The molecule has 0 aliphatic carbocycles. The predicted octanol–water partition coefficient (Wildman–Crippen LogP) is 6.17. The van der Waals surface area contributed by atoms with E-state index in [-0.39, 0.29) is 0 Å². The zero-order chi connectivity index (χ0) is 15.3. The van der Waals surface area contributed by atoms with Crippen molar-refractivity contribution in [2.45, 2.75) is 79.2 Å². The maximum Gasteiger partial charge on any atom is 0.0377 e. The summed E-state index contributed by atoms with van der Waals surface area (Å²) in [6.45, 7) is 16.0. The first kappa shape index (κ1) is 17.1. The first-order valence-electron chi connectivity index (χ1n) is 8.21. The fourth-order valence-electron chi connectivity index (χ4n) is 2.47. The van der Waals surface area contributed by atoms with Crippen molar-refractivity contribution in [1.29, 1.82) is 0 Å². The van der Waals surface area contributed by atoms with Gasteiger partial charge in [0.05, 0.1) is 0 Å². The third-order valence-electron chi connectivity index (χ3n) is 3.94. The quantitative estimate of drug-likeness (QED) is 0.627. The monoisotopic (exact) mass is 275 g/mol. The molecule has 0 aliphatic rings. The maximum atomic E-state index is 3.71. The molecule has 0 heterocycles. The smallest absolute Gasteiger partial charge is 0.0377 e. The Balaban J connectivity index is 2.83. The van der Waals surface area contributed by atoms with Crippen LogP contribution in [0.4, 0.5) is 5.69 Å². The topological polar surface area (TPSA) is 12.0 Å². The normalized spacial score (nSPS) is 13.3. The number of anilines is 1. The van der Waals surface area contributed by atoms with Crippen LogP contribution in [0.15, 0.2) is 18.2 Å². The minimum Gasteiger partial charge on any atom is -0.382 e. The Morgan fingerprint density at radius 2 is 1.50 bits per heavy atom. The van der Waals surface area contributed by atoms with E-state index < -0.39 is 0 Å². The van der Waals surface area contributed by atoms with E-state index in [4.69, 9.17) is 0 Å². The second-order valence-electron chi connectivity index (χ2n) is 7.17. The van der Waals surface area contributed by atoms with Gasteiger partial charge >= 0.3 is 0 Å². The van der Waals surface area contributed by atoms with E-state index in [1.165, 1.54) is 29.7 Å². The van der Waals surface area contributed by atoms with Crippen LogP contribution < -0.4 is 5.32 Å². The highest BCUT2D eigenvalue weighted by molar-refractivity contribution is 5.55. The first-order valence-corrected chi connectivity index (χ1v) is 8.21. The molecule has 1 aromatic carbocycles. The Bertz CT molecular complexity index is 404. The van der Waals surface area contributed by atoms with Crippen molar-refractivity contribution >= 4 is 5.69 Å². The molecule has 0 aromatic heterocycles. The summed E-state index contributed by atoms with van der Waals surface area (Å²) in [6, 6.07) is 7.47. The zero-order valence-electron chi connectivity index (χ0n) is 14.5. The molecule has 1 rings (SSSR count). The first-order chi connectivity index (χ1) is 9.31. The summed E-state index contributed by atoms with van der Waals surface area (Å²) in [6.07, 6.45) is 2.52. The standard InChI is InChI=1S/C19H33N/c1-13(2)8-9-16(7)20-19-11-10-17(14(3)4)12-18(19)15(5)6/h10-16,20H,8-9H2,1-7H3. The second kappa shape index (κ2) is 7.71. The Hall–Kier alpha value is -0.980. The van der Waals surface area contributed by atoms with Crippen molar-refractivity contribution in [3.63, 3.8) is 0 Å². The van der Waals surface area contributed by atoms with E-state index in [1.807, 2.05) is 0 Å². The van der Waals surface area contributed by atoms with Crippen molar-refractivity contribution in [3.8, 4) is 0 Å². The average molecular weight is 275 g/mol. The van der Waals surface area contributed by atoms with Gasteiger partial charge in [0.2, 0.25) is 0 Å². The summed E-state index contributed by atoms with van der Waals surface area (Å²) in [4.78, 5) is 0. The molecule has 0 radical (unpaired) electrons. The minimum atomic E-state index is 0.541. The molecule has 114 valence electrons. The molecule has 0 bridgehead atoms. The summed E-state index contributed by atoms with van der Waals surface area (Å²) >= 11 is 0. The van der Waals surface area contributed by atoms with Gasteiger partial charge in [0.15, 0.2) is 0 Å². The van der Waals surface area contributed by atoms with Crippen molar-refractivity contribution in [2.24, 2.45) is 5.92 Å². The van der Waals surface area contributed by atoms with E-state index in [1.54, 1.807) is 0 Å². The van der Waals surface area contributed by atoms with Crippen LogP contribution in [0.5, 0.6) is 0 Å². The van der Waals surface area contributed by atoms with Crippen LogP contribution in [-0.4, -0.2) is 6.04 Å². The number of benzene rings is 1. The molecule has 1 heteroatoms. The molecule has 0 spiro atoms. The molecule has 0 saturated carbocycles. The predicted molar refractivity (Wildman–Crippen MR) is 91.8 cm³/mol. The molecule has 0 aliphatic heterocycles. The molecule has 0 saturated heterocycles. The van der Waals surface area contributed by atoms with Crippen LogP contribution in [0.1, 0.15) is 84.3 Å². The van der Waals surface area contributed by atoms with Crippen LogP contribution in [0.2, 0.25) is 0 Å². The highest BCUT2D eigenvalue weighted by Gasteiger charge is 2.12. The van der Waals surface area contributed by atoms with E-state index >= 15 is 0 Å². The number of rotatable bonds is 7.